The number of hydrogen-bond acceptors (Lipinski definition) is 2. The van der Waals surface area contributed by atoms with E-state index in [1.54, 1.807) is 24.3 Å². The highest BCUT2D eigenvalue weighted by Gasteiger charge is 2.51. The molecular weight excluding hydrogens is 363 g/mol. The van der Waals surface area contributed by atoms with Crippen molar-refractivity contribution in [2.45, 2.75) is 22.6 Å². The number of benzene rings is 2. The Hall–Kier alpha value is -1.29. The van der Waals surface area contributed by atoms with Gasteiger partial charge in [0.25, 0.3) is 0 Å². The topological polar surface area (TPSA) is 34.1 Å². The smallest absolute Gasteiger partial charge is 0.175 e. The third-order valence-electron chi connectivity index (χ3n) is 4.45. The lowest BCUT2D eigenvalue weighted by Gasteiger charge is -2.45. The van der Waals surface area contributed by atoms with Gasteiger partial charge >= 0.3 is 0 Å². The van der Waals surface area contributed by atoms with Crippen LogP contribution in [0.4, 0.5) is 0 Å². The van der Waals surface area contributed by atoms with Crippen molar-refractivity contribution in [2.75, 3.05) is 6.26 Å². The summed E-state index contributed by atoms with van der Waals surface area (Å²) in [6.07, 6.45) is 2.03. The molecule has 1 aliphatic carbocycles. The Morgan fingerprint density at radius 3 is 2.04 bits per heavy atom. The van der Waals surface area contributed by atoms with Crippen molar-refractivity contribution in [3.05, 3.63) is 65.7 Å². The maximum Gasteiger partial charge on any atom is 0.175 e. The van der Waals surface area contributed by atoms with E-state index in [2.05, 4.69) is 6.92 Å². The summed E-state index contributed by atoms with van der Waals surface area (Å²) in [5, 5.41) is 0. The highest BCUT2D eigenvalue weighted by molar-refractivity contribution is 7.90. The molecule has 0 radical (unpaired) electrons. The minimum absolute atomic E-state index is 0.0489. The van der Waals surface area contributed by atoms with Gasteiger partial charge in [-0.05, 0) is 40.8 Å². The molecule has 3 rings (SSSR count). The Morgan fingerprint density at radius 2 is 1.54 bits per heavy atom. The number of allylic oxidation sites excluding steroid dienone is 2. The van der Waals surface area contributed by atoms with Crippen LogP contribution in [0, 0.1) is 5.92 Å². The first-order chi connectivity index (χ1) is 11.3. The first-order valence-electron chi connectivity index (χ1n) is 7.75. The van der Waals surface area contributed by atoms with Crippen molar-refractivity contribution in [1.82, 2.24) is 0 Å². The van der Waals surface area contributed by atoms with E-state index in [9.17, 15) is 8.42 Å². The van der Waals surface area contributed by atoms with Crippen molar-refractivity contribution in [2.24, 2.45) is 5.92 Å². The minimum atomic E-state index is -3.23. The van der Waals surface area contributed by atoms with Gasteiger partial charge in [-0.2, -0.15) is 0 Å². The summed E-state index contributed by atoms with van der Waals surface area (Å²) in [6.45, 7) is 2.07. The van der Waals surface area contributed by atoms with Gasteiger partial charge in [-0.25, -0.2) is 8.42 Å². The van der Waals surface area contributed by atoms with Crippen molar-refractivity contribution >= 4 is 44.2 Å². The molecule has 1 unspecified atom stereocenters. The summed E-state index contributed by atoms with van der Waals surface area (Å²) in [5.74, 6) is 0.0489. The second-order valence-corrected chi connectivity index (χ2v) is 9.44. The molecule has 1 aliphatic rings. The van der Waals surface area contributed by atoms with Gasteiger partial charge in [0.05, 0.1) is 4.90 Å². The van der Waals surface area contributed by atoms with Gasteiger partial charge < -0.3 is 0 Å². The highest BCUT2D eigenvalue weighted by Crippen LogP contribution is 2.61. The quantitative estimate of drug-likeness (QED) is 0.681. The fourth-order valence-corrected chi connectivity index (χ4v) is 4.85. The van der Waals surface area contributed by atoms with Crippen LogP contribution in [0.2, 0.25) is 0 Å². The molecule has 0 saturated heterocycles. The lowest BCUT2D eigenvalue weighted by molar-refractivity contribution is 0.597. The standard InChI is InChI=1S/C19H18Cl2O2S/c1-3-16-17(13-7-5-4-6-8-13)18(19(16,20)21)14-9-11-15(12-10-14)24(2,22)23/h4-12,16H,3H2,1-2H3. The zero-order valence-electron chi connectivity index (χ0n) is 13.5. The molecule has 0 amide bonds. The molecule has 0 saturated carbocycles. The van der Waals surface area contributed by atoms with Gasteiger partial charge in [-0.3, -0.25) is 0 Å². The summed E-state index contributed by atoms with van der Waals surface area (Å²) in [5.41, 5.74) is 3.96. The molecule has 0 aromatic heterocycles. The molecule has 0 N–H and O–H groups in total. The molecule has 0 aliphatic heterocycles. The minimum Gasteiger partial charge on any atom is -0.224 e. The molecule has 2 aromatic rings. The second-order valence-electron chi connectivity index (χ2n) is 6.04. The van der Waals surface area contributed by atoms with Gasteiger partial charge in [-0.15, -0.1) is 0 Å². The number of rotatable bonds is 4. The number of alkyl halides is 2. The van der Waals surface area contributed by atoms with Crippen LogP contribution in [-0.2, 0) is 9.84 Å². The largest absolute Gasteiger partial charge is 0.224 e. The molecule has 2 nitrogen and oxygen atoms in total. The predicted octanol–water partition coefficient (Wildman–Crippen LogP) is 5.21. The Bertz CT molecular complexity index is 883. The van der Waals surface area contributed by atoms with Crippen molar-refractivity contribution in [3.63, 3.8) is 0 Å². The van der Waals surface area contributed by atoms with E-state index in [1.807, 2.05) is 30.3 Å². The van der Waals surface area contributed by atoms with E-state index < -0.39 is 14.2 Å². The van der Waals surface area contributed by atoms with Gasteiger partial charge in [0, 0.05) is 12.2 Å². The second kappa shape index (κ2) is 6.21. The average Bonchev–Trinajstić information content (AvgIpc) is 2.53. The summed E-state index contributed by atoms with van der Waals surface area (Å²) < 4.78 is 22.3. The van der Waals surface area contributed by atoms with Crippen LogP contribution < -0.4 is 0 Å². The lowest BCUT2D eigenvalue weighted by Crippen LogP contribution is -2.38. The van der Waals surface area contributed by atoms with Crippen LogP contribution in [0.15, 0.2) is 59.5 Å². The summed E-state index contributed by atoms with van der Waals surface area (Å²) in [7, 11) is -3.23. The van der Waals surface area contributed by atoms with Crippen molar-refractivity contribution in [1.29, 1.82) is 0 Å². The molecule has 0 fully saturated rings. The predicted molar refractivity (Wildman–Crippen MR) is 101 cm³/mol. The van der Waals surface area contributed by atoms with Crippen molar-refractivity contribution in [3.8, 4) is 0 Å². The normalized spacial score (nSPS) is 19.9. The first kappa shape index (κ1) is 17.5. The third-order valence-corrected chi connectivity index (χ3v) is 6.49. The first-order valence-corrected chi connectivity index (χ1v) is 10.4. The SMILES string of the molecule is CCC1C(c2ccccc2)=C(c2ccc(S(C)(=O)=O)cc2)C1(Cl)Cl. The Labute approximate surface area is 153 Å². The molecule has 0 spiro atoms. The van der Waals surface area contributed by atoms with Gasteiger partial charge in [0.2, 0.25) is 0 Å². The van der Waals surface area contributed by atoms with E-state index in [1.165, 1.54) is 6.26 Å². The number of sulfone groups is 1. The highest BCUT2D eigenvalue weighted by atomic mass is 35.5. The Morgan fingerprint density at radius 1 is 0.958 bits per heavy atom. The fraction of sp³-hybridized carbons (Fsp3) is 0.263. The van der Waals surface area contributed by atoms with E-state index in [-0.39, 0.29) is 10.8 Å². The van der Waals surface area contributed by atoms with Gasteiger partial charge in [0.1, 0.15) is 0 Å². The monoisotopic (exact) mass is 380 g/mol. The third kappa shape index (κ3) is 2.90. The van der Waals surface area contributed by atoms with Crippen molar-refractivity contribution < 1.29 is 8.42 Å². The maximum absolute atomic E-state index is 11.6. The zero-order valence-corrected chi connectivity index (χ0v) is 15.8. The van der Waals surface area contributed by atoms with Crippen LogP contribution in [0.25, 0.3) is 11.1 Å². The molecular formula is C19H18Cl2O2S. The van der Waals surface area contributed by atoms with E-state index in [0.29, 0.717) is 0 Å². The lowest BCUT2D eigenvalue weighted by atomic mass is 9.69. The summed E-state index contributed by atoms with van der Waals surface area (Å²) in [6, 6.07) is 16.8. The molecule has 2 aromatic carbocycles. The average molecular weight is 381 g/mol. The molecule has 126 valence electrons. The molecule has 0 heterocycles. The van der Waals surface area contributed by atoms with Crippen LogP contribution in [0.5, 0.6) is 0 Å². The molecule has 24 heavy (non-hydrogen) atoms. The van der Waals surface area contributed by atoms with E-state index in [4.69, 9.17) is 23.2 Å². The van der Waals surface area contributed by atoms with Crippen LogP contribution in [0.3, 0.4) is 0 Å². The number of halogens is 2. The summed E-state index contributed by atoms with van der Waals surface area (Å²) in [4.78, 5) is 0.286. The van der Waals surface area contributed by atoms with Crippen LogP contribution in [0.1, 0.15) is 24.5 Å². The molecule has 5 heteroatoms. The van der Waals surface area contributed by atoms with Gasteiger partial charge in [0.15, 0.2) is 14.2 Å². The molecule has 0 bridgehead atoms. The Kier molecular flexibility index (Phi) is 4.54. The molecule has 1 atom stereocenters. The van der Waals surface area contributed by atoms with E-state index >= 15 is 0 Å². The van der Waals surface area contributed by atoms with Crippen LogP contribution in [-0.4, -0.2) is 19.0 Å². The summed E-state index contributed by atoms with van der Waals surface area (Å²) >= 11 is 13.3. The Balaban J connectivity index is 2.15. The fourth-order valence-electron chi connectivity index (χ4n) is 3.27. The number of hydrogen-bond donors (Lipinski definition) is 0. The van der Waals surface area contributed by atoms with E-state index in [0.717, 1.165) is 28.7 Å². The maximum atomic E-state index is 11.6. The van der Waals surface area contributed by atoms with Gasteiger partial charge in [-0.1, -0.05) is 72.6 Å². The zero-order chi connectivity index (χ0) is 17.5. The van der Waals surface area contributed by atoms with Crippen LogP contribution >= 0.6 is 23.2 Å².